The lowest BCUT2D eigenvalue weighted by Gasteiger charge is -2.22. The molecule has 0 radical (unpaired) electrons. The zero-order chi connectivity index (χ0) is 21.2. The molecule has 2 aromatic rings. The smallest absolute Gasteiger partial charge is 0.258 e. The molecule has 7 nitrogen and oxygen atoms in total. The van der Waals surface area contributed by atoms with Gasteiger partial charge >= 0.3 is 0 Å². The molecule has 2 aromatic carbocycles. The number of benzene rings is 2. The fourth-order valence-electron chi connectivity index (χ4n) is 3.32. The fraction of sp³-hybridized carbons (Fsp3) is 0.348. The third-order valence-electron chi connectivity index (χ3n) is 4.98. The Morgan fingerprint density at radius 1 is 1.00 bits per heavy atom. The van der Waals surface area contributed by atoms with Crippen molar-refractivity contribution in [2.75, 3.05) is 39.3 Å². The van der Waals surface area contributed by atoms with Crippen molar-refractivity contribution in [1.29, 1.82) is 5.26 Å². The van der Waals surface area contributed by atoms with Crippen LogP contribution < -0.4 is 10.1 Å². The van der Waals surface area contributed by atoms with Gasteiger partial charge in [-0.15, -0.1) is 0 Å². The number of rotatable bonds is 7. The van der Waals surface area contributed by atoms with Crippen LogP contribution in [0.1, 0.15) is 17.5 Å². The molecule has 0 bridgehead atoms. The summed E-state index contributed by atoms with van der Waals surface area (Å²) in [5.41, 5.74) is 1.81. The minimum absolute atomic E-state index is 0.0212. The van der Waals surface area contributed by atoms with Crippen LogP contribution in [0, 0.1) is 11.3 Å². The van der Waals surface area contributed by atoms with Crippen LogP contribution in [0.3, 0.4) is 0 Å². The molecule has 1 aliphatic rings. The Bertz CT molecular complexity index is 878. The van der Waals surface area contributed by atoms with E-state index in [1.807, 2.05) is 42.5 Å². The summed E-state index contributed by atoms with van der Waals surface area (Å²) in [6, 6.07) is 18.8. The lowest BCUT2D eigenvalue weighted by Crippen LogP contribution is -2.43. The largest absolute Gasteiger partial charge is 0.484 e. The number of nitrogens with zero attached hydrogens (tertiary/aromatic N) is 3. The molecule has 1 aliphatic heterocycles. The van der Waals surface area contributed by atoms with Crippen LogP contribution in [-0.2, 0) is 16.1 Å². The average molecular weight is 406 g/mol. The Balaban J connectivity index is 1.39. The van der Waals surface area contributed by atoms with Gasteiger partial charge < -0.3 is 15.0 Å². The zero-order valence-corrected chi connectivity index (χ0v) is 16.9. The zero-order valence-electron chi connectivity index (χ0n) is 16.9. The normalized spacial score (nSPS) is 14.4. The molecule has 2 amide bonds. The highest BCUT2D eigenvalue weighted by molar-refractivity contribution is 5.85. The van der Waals surface area contributed by atoms with Gasteiger partial charge in [-0.25, -0.2) is 0 Å². The Morgan fingerprint density at radius 3 is 2.50 bits per heavy atom. The van der Waals surface area contributed by atoms with Gasteiger partial charge in [-0.3, -0.25) is 14.5 Å². The quantitative estimate of drug-likeness (QED) is 0.758. The van der Waals surface area contributed by atoms with E-state index in [-0.39, 0.29) is 25.0 Å². The predicted molar refractivity (Wildman–Crippen MR) is 113 cm³/mol. The molecule has 0 spiro atoms. The molecule has 1 heterocycles. The number of carbonyl (C=O) groups excluding carboxylic acids is 2. The van der Waals surface area contributed by atoms with Crippen LogP contribution in [0.4, 0.5) is 0 Å². The number of nitriles is 1. The highest BCUT2D eigenvalue weighted by atomic mass is 16.5. The van der Waals surface area contributed by atoms with Crippen LogP contribution in [0.15, 0.2) is 54.6 Å². The van der Waals surface area contributed by atoms with Crippen LogP contribution in [0.2, 0.25) is 0 Å². The first-order valence-electron chi connectivity index (χ1n) is 10.1. The second-order valence-corrected chi connectivity index (χ2v) is 7.20. The summed E-state index contributed by atoms with van der Waals surface area (Å²) in [4.78, 5) is 28.5. The maximum absolute atomic E-state index is 12.5. The number of amides is 2. The summed E-state index contributed by atoms with van der Waals surface area (Å²) in [6.45, 7) is 3.64. The molecule has 0 aromatic heterocycles. The van der Waals surface area contributed by atoms with E-state index in [1.54, 1.807) is 17.0 Å². The van der Waals surface area contributed by atoms with Crippen molar-refractivity contribution >= 4 is 11.8 Å². The maximum atomic E-state index is 12.5. The van der Waals surface area contributed by atoms with Gasteiger partial charge in [-0.05, 0) is 36.2 Å². The highest BCUT2D eigenvalue weighted by Gasteiger charge is 2.19. The molecule has 1 fully saturated rings. The van der Waals surface area contributed by atoms with E-state index in [0.29, 0.717) is 24.4 Å². The maximum Gasteiger partial charge on any atom is 0.258 e. The van der Waals surface area contributed by atoms with E-state index in [9.17, 15) is 9.59 Å². The molecule has 0 saturated carbocycles. The molecule has 0 aliphatic carbocycles. The van der Waals surface area contributed by atoms with E-state index in [1.165, 1.54) is 0 Å². The summed E-state index contributed by atoms with van der Waals surface area (Å²) in [5, 5.41) is 11.5. The second kappa shape index (κ2) is 11.0. The van der Waals surface area contributed by atoms with Crippen LogP contribution >= 0.6 is 0 Å². The fourth-order valence-corrected chi connectivity index (χ4v) is 3.32. The first-order valence-corrected chi connectivity index (χ1v) is 10.1. The van der Waals surface area contributed by atoms with Crippen molar-refractivity contribution in [3.63, 3.8) is 0 Å². The predicted octanol–water partition coefficient (Wildman–Crippen LogP) is 1.79. The second-order valence-electron chi connectivity index (χ2n) is 7.20. The molecule has 156 valence electrons. The lowest BCUT2D eigenvalue weighted by molar-refractivity contribution is -0.133. The van der Waals surface area contributed by atoms with Crippen molar-refractivity contribution in [3.05, 3.63) is 65.7 Å². The van der Waals surface area contributed by atoms with Gasteiger partial charge in [0.25, 0.3) is 5.91 Å². The minimum atomic E-state index is -0.315. The number of hydrogen-bond donors (Lipinski definition) is 1. The number of para-hydroxylation sites is 1. The topological polar surface area (TPSA) is 85.7 Å². The van der Waals surface area contributed by atoms with E-state index in [2.05, 4.69) is 16.3 Å². The first-order chi connectivity index (χ1) is 14.6. The molecular weight excluding hydrogens is 380 g/mol. The molecule has 1 N–H and O–H groups in total. The van der Waals surface area contributed by atoms with Gasteiger partial charge in [0.05, 0.1) is 18.2 Å². The van der Waals surface area contributed by atoms with Gasteiger partial charge in [0.1, 0.15) is 5.75 Å². The minimum Gasteiger partial charge on any atom is -0.484 e. The first kappa shape index (κ1) is 21.3. The SMILES string of the molecule is N#Cc1ccc(CN2CCCN(C(=O)CNC(=O)COc3ccccc3)CC2)cc1. The summed E-state index contributed by atoms with van der Waals surface area (Å²) in [7, 11) is 0. The molecule has 0 unspecified atom stereocenters. The summed E-state index contributed by atoms with van der Waals surface area (Å²) in [6.07, 6.45) is 0.882. The number of ether oxygens (including phenoxy) is 1. The van der Waals surface area contributed by atoms with Gasteiger partial charge in [0.15, 0.2) is 6.61 Å². The van der Waals surface area contributed by atoms with E-state index < -0.39 is 0 Å². The number of nitrogens with one attached hydrogen (secondary N) is 1. The van der Waals surface area contributed by atoms with Crippen molar-refractivity contribution < 1.29 is 14.3 Å². The Hall–Kier alpha value is -3.37. The number of hydrogen-bond acceptors (Lipinski definition) is 5. The third-order valence-corrected chi connectivity index (χ3v) is 4.98. The van der Waals surface area contributed by atoms with E-state index >= 15 is 0 Å². The Labute approximate surface area is 176 Å². The van der Waals surface area contributed by atoms with Gasteiger partial charge in [-0.2, -0.15) is 5.26 Å². The van der Waals surface area contributed by atoms with Crippen molar-refractivity contribution in [2.45, 2.75) is 13.0 Å². The number of carbonyl (C=O) groups is 2. The standard InChI is InChI=1S/C23H26N4O3/c24-15-19-7-9-20(10-8-19)17-26-11-4-12-27(14-13-26)23(29)16-25-22(28)18-30-21-5-2-1-3-6-21/h1-3,5-10H,4,11-14,16-18H2,(H,25,28). The van der Waals surface area contributed by atoms with Crippen LogP contribution in [0.5, 0.6) is 5.75 Å². The van der Waals surface area contributed by atoms with Crippen molar-refractivity contribution in [3.8, 4) is 11.8 Å². The van der Waals surface area contributed by atoms with Crippen LogP contribution in [0.25, 0.3) is 0 Å². The molecule has 3 rings (SSSR count). The summed E-state index contributed by atoms with van der Waals surface area (Å²) in [5.74, 6) is 0.224. The Kier molecular flexibility index (Phi) is 7.81. The average Bonchev–Trinajstić information content (AvgIpc) is 3.03. The molecule has 1 saturated heterocycles. The highest BCUT2D eigenvalue weighted by Crippen LogP contribution is 2.11. The Morgan fingerprint density at radius 2 is 1.77 bits per heavy atom. The summed E-state index contributed by atoms with van der Waals surface area (Å²) >= 11 is 0. The van der Waals surface area contributed by atoms with Gasteiger partial charge in [-0.1, -0.05) is 30.3 Å². The molecule has 7 heteroatoms. The van der Waals surface area contributed by atoms with E-state index in [0.717, 1.165) is 31.6 Å². The van der Waals surface area contributed by atoms with Crippen LogP contribution in [-0.4, -0.2) is 60.9 Å². The monoisotopic (exact) mass is 406 g/mol. The molecule has 0 atom stereocenters. The van der Waals surface area contributed by atoms with Crippen molar-refractivity contribution in [2.24, 2.45) is 0 Å². The third kappa shape index (κ3) is 6.61. The summed E-state index contributed by atoms with van der Waals surface area (Å²) < 4.78 is 5.39. The lowest BCUT2D eigenvalue weighted by atomic mass is 10.1. The van der Waals surface area contributed by atoms with E-state index in [4.69, 9.17) is 10.00 Å². The van der Waals surface area contributed by atoms with Gasteiger partial charge in [0, 0.05) is 32.7 Å². The van der Waals surface area contributed by atoms with Gasteiger partial charge in [0.2, 0.25) is 5.91 Å². The molecule has 30 heavy (non-hydrogen) atoms. The van der Waals surface area contributed by atoms with Crippen molar-refractivity contribution in [1.82, 2.24) is 15.1 Å². The molecular formula is C23H26N4O3.